The minimum Gasteiger partial charge on any atom is -0.337 e. The summed E-state index contributed by atoms with van der Waals surface area (Å²) in [4.78, 5) is 25.1. The first-order chi connectivity index (χ1) is 11.4. The topological polar surface area (TPSA) is 49.4 Å². The van der Waals surface area contributed by atoms with Gasteiger partial charge in [0.15, 0.2) is 0 Å². The Kier molecular flexibility index (Phi) is 5.47. The zero-order valence-electron chi connectivity index (χ0n) is 13.7. The summed E-state index contributed by atoms with van der Waals surface area (Å²) in [5.41, 5.74) is 2.45. The fourth-order valence-electron chi connectivity index (χ4n) is 2.26. The second-order valence-electron chi connectivity index (χ2n) is 5.53. The average Bonchev–Trinajstić information content (AvgIpc) is 2.58. The fraction of sp³-hybridized carbons (Fsp3) is 0.158. The molecule has 4 nitrogen and oxygen atoms in total. The van der Waals surface area contributed by atoms with Crippen molar-refractivity contribution in [3.8, 4) is 0 Å². The molecule has 0 aliphatic heterocycles. The SMILES string of the molecule is C=CC(=O)Nc1ccc(C(=O)N(C)Cc2cc(C)ccc2F)cc1. The van der Waals surface area contributed by atoms with Gasteiger partial charge in [0.1, 0.15) is 5.82 Å². The number of anilines is 1. The molecule has 0 heterocycles. The predicted molar refractivity (Wildman–Crippen MR) is 92.2 cm³/mol. The Hall–Kier alpha value is -2.95. The first-order valence-electron chi connectivity index (χ1n) is 7.44. The lowest BCUT2D eigenvalue weighted by Gasteiger charge is -2.18. The van der Waals surface area contributed by atoms with Gasteiger partial charge in [-0.25, -0.2) is 4.39 Å². The van der Waals surface area contributed by atoms with Crippen LogP contribution in [-0.2, 0) is 11.3 Å². The third-order valence-corrected chi connectivity index (χ3v) is 3.54. The van der Waals surface area contributed by atoms with Crippen molar-refractivity contribution in [2.24, 2.45) is 0 Å². The van der Waals surface area contributed by atoms with Gasteiger partial charge in [-0.2, -0.15) is 0 Å². The van der Waals surface area contributed by atoms with Gasteiger partial charge >= 0.3 is 0 Å². The van der Waals surface area contributed by atoms with Crippen LogP contribution in [0.2, 0.25) is 0 Å². The Morgan fingerprint density at radius 2 is 1.88 bits per heavy atom. The van der Waals surface area contributed by atoms with E-state index in [2.05, 4.69) is 11.9 Å². The molecule has 0 saturated heterocycles. The van der Waals surface area contributed by atoms with Gasteiger partial charge in [-0.05, 0) is 43.3 Å². The molecule has 1 N–H and O–H groups in total. The standard InChI is InChI=1S/C19H19FN2O2/c1-4-18(23)21-16-8-6-14(7-9-16)19(24)22(3)12-15-11-13(2)5-10-17(15)20/h4-11H,1,12H2,2-3H3,(H,21,23). The molecule has 124 valence electrons. The van der Waals surface area contributed by atoms with Crippen LogP contribution in [0.25, 0.3) is 0 Å². The molecule has 0 aliphatic carbocycles. The largest absolute Gasteiger partial charge is 0.337 e. The number of rotatable bonds is 5. The highest BCUT2D eigenvalue weighted by Gasteiger charge is 2.14. The Morgan fingerprint density at radius 1 is 1.21 bits per heavy atom. The summed E-state index contributed by atoms with van der Waals surface area (Å²) in [6.45, 7) is 5.43. The highest BCUT2D eigenvalue weighted by molar-refractivity contribution is 5.99. The number of hydrogen-bond acceptors (Lipinski definition) is 2. The van der Waals surface area contributed by atoms with E-state index in [1.165, 1.54) is 17.0 Å². The van der Waals surface area contributed by atoms with E-state index in [0.29, 0.717) is 16.8 Å². The first kappa shape index (κ1) is 17.4. The summed E-state index contributed by atoms with van der Waals surface area (Å²) in [5, 5.41) is 2.61. The number of nitrogens with one attached hydrogen (secondary N) is 1. The van der Waals surface area contributed by atoms with Gasteiger partial charge in [0.2, 0.25) is 5.91 Å². The minimum atomic E-state index is -0.331. The van der Waals surface area contributed by atoms with Gasteiger partial charge in [-0.3, -0.25) is 9.59 Å². The smallest absolute Gasteiger partial charge is 0.253 e. The Balaban J connectivity index is 2.08. The van der Waals surface area contributed by atoms with Gasteiger partial charge in [-0.15, -0.1) is 0 Å². The summed E-state index contributed by atoms with van der Waals surface area (Å²) in [6.07, 6.45) is 1.17. The Morgan fingerprint density at radius 3 is 2.50 bits per heavy atom. The molecule has 0 fully saturated rings. The third-order valence-electron chi connectivity index (χ3n) is 3.54. The van der Waals surface area contributed by atoms with Crippen molar-refractivity contribution in [2.75, 3.05) is 12.4 Å². The molecule has 2 aromatic rings. The molecular weight excluding hydrogens is 307 g/mol. The molecule has 0 spiro atoms. The van der Waals surface area contributed by atoms with E-state index in [9.17, 15) is 14.0 Å². The monoisotopic (exact) mass is 326 g/mol. The van der Waals surface area contributed by atoms with Gasteiger partial charge in [0, 0.05) is 30.4 Å². The summed E-state index contributed by atoms with van der Waals surface area (Å²) >= 11 is 0. The van der Waals surface area contributed by atoms with Crippen molar-refractivity contribution in [3.63, 3.8) is 0 Å². The molecule has 0 unspecified atom stereocenters. The molecule has 0 aliphatic rings. The van der Waals surface area contributed by atoms with Crippen LogP contribution in [0.3, 0.4) is 0 Å². The van der Waals surface area contributed by atoms with Crippen LogP contribution in [-0.4, -0.2) is 23.8 Å². The second-order valence-corrected chi connectivity index (χ2v) is 5.53. The molecular formula is C19H19FN2O2. The quantitative estimate of drug-likeness (QED) is 0.855. The van der Waals surface area contributed by atoms with Crippen LogP contribution >= 0.6 is 0 Å². The molecule has 0 saturated carbocycles. The van der Waals surface area contributed by atoms with Crippen LogP contribution in [0.5, 0.6) is 0 Å². The lowest BCUT2D eigenvalue weighted by molar-refractivity contribution is -0.111. The number of carbonyl (C=O) groups is 2. The summed E-state index contributed by atoms with van der Waals surface area (Å²) in [6, 6.07) is 11.3. The van der Waals surface area contributed by atoms with Gasteiger partial charge in [0.25, 0.3) is 5.91 Å². The molecule has 0 bridgehead atoms. The van der Waals surface area contributed by atoms with Crippen molar-refractivity contribution in [2.45, 2.75) is 13.5 Å². The molecule has 2 aromatic carbocycles. The molecule has 0 aromatic heterocycles. The minimum absolute atomic E-state index is 0.182. The van der Waals surface area contributed by atoms with Crippen LogP contribution in [0.4, 0.5) is 10.1 Å². The lowest BCUT2D eigenvalue weighted by atomic mass is 10.1. The number of benzene rings is 2. The number of nitrogens with zero attached hydrogens (tertiary/aromatic N) is 1. The van der Waals surface area contributed by atoms with E-state index in [1.807, 2.05) is 6.92 Å². The van der Waals surface area contributed by atoms with Crippen LogP contribution in [0, 0.1) is 12.7 Å². The Bertz CT molecular complexity index is 769. The normalized spacial score (nSPS) is 10.1. The second kappa shape index (κ2) is 7.55. The predicted octanol–water partition coefficient (Wildman–Crippen LogP) is 3.53. The zero-order valence-corrected chi connectivity index (χ0v) is 13.7. The maximum absolute atomic E-state index is 13.8. The average molecular weight is 326 g/mol. The maximum Gasteiger partial charge on any atom is 0.253 e. The van der Waals surface area contributed by atoms with Gasteiger partial charge in [-0.1, -0.05) is 24.3 Å². The molecule has 5 heteroatoms. The van der Waals surface area contributed by atoms with Crippen LogP contribution in [0.1, 0.15) is 21.5 Å². The molecule has 2 amide bonds. The molecule has 24 heavy (non-hydrogen) atoms. The number of halogens is 1. The summed E-state index contributed by atoms with van der Waals surface area (Å²) in [7, 11) is 1.62. The van der Waals surface area contributed by atoms with Crippen molar-refractivity contribution in [1.29, 1.82) is 0 Å². The highest BCUT2D eigenvalue weighted by atomic mass is 19.1. The number of hydrogen-bond donors (Lipinski definition) is 1. The van der Waals surface area contributed by atoms with Crippen molar-refractivity contribution < 1.29 is 14.0 Å². The van der Waals surface area contributed by atoms with Crippen LogP contribution < -0.4 is 5.32 Å². The van der Waals surface area contributed by atoms with Crippen molar-refractivity contribution in [3.05, 3.63) is 77.6 Å². The van der Waals surface area contributed by atoms with E-state index >= 15 is 0 Å². The van der Waals surface area contributed by atoms with Gasteiger partial charge in [0.05, 0.1) is 0 Å². The summed E-state index contributed by atoms with van der Waals surface area (Å²) in [5.74, 6) is -0.874. The molecule has 0 radical (unpaired) electrons. The van der Waals surface area contributed by atoms with E-state index in [0.717, 1.165) is 5.56 Å². The van der Waals surface area contributed by atoms with Crippen molar-refractivity contribution >= 4 is 17.5 Å². The maximum atomic E-state index is 13.8. The van der Waals surface area contributed by atoms with E-state index in [1.54, 1.807) is 43.4 Å². The summed E-state index contributed by atoms with van der Waals surface area (Å²) < 4.78 is 13.8. The number of carbonyl (C=O) groups excluding carboxylic acids is 2. The van der Waals surface area contributed by atoms with Gasteiger partial charge < -0.3 is 10.2 Å². The van der Waals surface area contributed by atoms with Crippen molar-refractivity contribution in [1.82, 2.24) is 4.90 Å². The zero-order chi connectivity index (χ0) is 17.7. The van der Waals surface area contributed by atoms with E-state index < -0.39 is 0 Å². The Labute approximate surface area is 140 Å². The highest BCUT2D eigenvalue weighted by Crippen LogP contribution is 2.15. The molecule has 0 atom stereocenters. The third kappa shape index (κ3) is 4.29. The number of amides is 2. The van der Waals surface area contributed by atoms with Crippen LogP contribution in [0.15, 0.2) is 55.1 Å². The number of aryl methyl sites for hydroxylation is 1. The first-order valence-corrected chi connectivity index (χ1v) is 7.44. The fourth-order valence-corrected chi connectivity index (χ4v) is 2.26. The molecule has 2 rings (SSSR count). The lowest BCUT2D eigenvalue weighted by Crippen LogP contribution is -2.26. The van der Waals surface area contributed by atoms with E-state index in [-0.39, 0.29) is 24.2 Å². The van der Waals surface area contributed by atoms with E-state index in [4.69, 9.17) is 0 Å².